The van der Waals surface area contributed by atoms with Crippen molar-refractivity contribution in [2.75, 3.05) is 19.6 Å². The van der Waals surface area contributed by atoms with E-state index in [0.29, 0.717) is 36.1 Å². The van der Waals surface area contributed by atoms with Crippen LogP contribution in [0.15, 0.2) is 34.9 Å². The van der Waals surface area contributed by atoms with Crippen molar-refractivity contribution >= 4 is 42.3 Å². The Morgan fingerprint density at radius 2 is 2.04 bits per heavy atom. The Morgan fingerprint density at radius 1 is 1.35 bits per heavy atom. The van der Waals surface area contributed by atoms with Gasteiger partial charge in [-0.3, -0.25) is 4.79 Å². The van der Waals surface area contributed by atoms with Gasteiger partial charge in [-0.25, -0.2) is 4.98 Å². The van der Waals surface area contributed by atoms with Crippen molar-refractivity contribution in [2.45, 2.75) is 26.2 Å². The second kappa shape index (κ2) is 9.60. The molecule has 0 aliphatic carbocycles. The van der Waals surface area contributed by atoms with Gasteiger partial charge in [0.1, 0.15) is 0 Å². The first-order chi connectivity index (χ1) is 11.5. The largest absolute Gasteiger partial charge is 0.441 e. The maximum Gasteiger partial charge on any atom is 0.223 e. The fourth-order valence-electron chi connectivity index (χ4n) is 2.95. The molecule has 0 radical (unpaired) electrons. The van der Waals surface area contributed by atoms with Gasteiger partial charge in [-0.05, 0) is 42.6 Å². The minimum Gasteiger partial charge on any atom is -0.441 e. The number of aromatic nitrogens is 1. The van der Waals surface area contributed by atoms with Crippen molar-refractivity contribution < 1.29 is 9.21 Å². The summed E-state index contributed by atoms with van der Waals surface area (Å²) in [5, 5.41) is 0.680. The molecule has 1 aliphatic heterocycles. The molecule has 26 heavy (non-hydrogen) atoms. The molecular formula is C18H24Cl3N3O2. The molecule has 0 saturated carbocycles. The molecule has 1 aliphatic rings. The number of amides is 1. The highest BCUT2D eigenvalue weighted by Crippen LogP contribution is 2.29. The summed E-state index contributed by atoms with van der Waals surface area (Å²) in [4.78, 5) is 18.5. The first-order valence-corrected chi connectivity index (χ1v) is 8.55. The van der Waals surface area contributed by atoms with Crippen LogP contribution in [-0.2, 0) is 11.2 Å². The van der Waals surface area contributed by atoms with E-state index in [9.17, 15) is 4.79 Å². The van der Waals surface area contributed by atoms with E-state index in [-0.39, 0.29) is 36.1 Å². The Morgan fingerprint density at radius 3 is 2.65 bits per heavy atom. The summed E-state index contributed by atoms with van der Waals surface area (Å²) in [6.07, 6.45) is 3.56. The molecule has 1 aromatic heterocycles. The normalized spacial score (nSPS) is 19.0. The van der Waals surface area contributed by atoms with Crippen LogP contribution in [0.2, 0.25) is 5.02 Å². The maximum absolute atomic E-state index is 12.3. The summed E-state index contributed by atoms with van der Waals surface area (Å²) in [6, 6.07) is 7.39. The number of carbonyl (C=O) groups excluding carboxylic acids is 1. The lowest BCUT2D eigenvalue weighted by Gasteiger charge is -2.22. The lowest BCUT2D eigenvalue weighted by Crippen LogP contribution is -2.34. The molecule has 2 heterocycles. The molecule has 1 amide bonds. The molecule has 1 aromatic carbocycles. The van der Waals surface area contributed by atoms with E-state index in [4.69, 9.17) is 21.8 Å². The van der Waals surface area contributed by atoms with Gasteiger partial charge >= 0.3 is 0 Å². The molecule has 3 rings (SSSR count). The minimum atomic E-state index is 0. The van der Waals surface area contributed by atoms with Gasteiger partial charge in [-0.2, -0.15) is 0 Å². The smallest absolute Gasteiger partial charge is 0.223 e. The van der Waals surface area contributed by atoms with Crippen LogP contribution < -0.4 is 5.73 Å². The van der Waals surface area contributed by atoms with E-state index in [2.05, 4.69) is 11.9 Å². The second-order valence-corrected chi connectivity index (χ2v) is 7.14. The van der Waals surface area contributed by atoms with Crippen molar-refractivity contribution in [2.24, 2.45) is 11.1 Å². The minimum absolute atomic E-state index is 0. The van der Waals surface area contributed by atoms with Crippen LogP contribution in [0.25, 0.3) is 11.3 Å². The molecule has 5 nitrogen and oxygen atoms in total. The molecule has 144 valence electrons. The standard InChI is InChI=1S/C18H22ClN3O2.2ClH/c1-18(11-20)8-9-22(12-18)17(23)7-6-16-21-10-15(24-16)13-2-4-14(19)5-3-13;;/h2-5,10H,6-9,11-12,20H2,1H3;2*1H. The van der Waals surface area contributed by atoms with Crippen molar-refractivity contribution in [3.8, 4) is 11.3 Å². The molecule has 1 saturated heterocycles. The van der Waals surface area contributed by atoms with Crippen molar-refractivity contribution in [3.05, 3.63) is 41.4 Å². The Kier molecular flexibility index (Phi) is 8.41. The first-order valence-electron chi connectivity index (χ1n) is 8.18. The highest BCUT2D eigenvalue weighted by Gasteiger charge is 2.34. The summed E-state index contributed by atoms with van der Waals surface area (Å²) >= 11 is 5.89. The average molecular weight is 421 g/mol. The van der Waals surface area contributed by atoms with Crippen LogP contribution in [0.5, 0.6) is 0 Å². The number of hydrogen-bond donors (Lipinski definition) is 1. The highest BCUT2D eigenvalue weighted by atomic mass is 35.5. The van der Waals surface area contributed by atoms with Gasteiger partial charge in [0.25, 0.3) is 0 Å². The Balaban J connectivity index is 0.00000169. The van der Waals surface area contributed by atoms with Crippen LogP contribution >= 0.6 is 36.4 Å². The predicted octanol–water partition coefficient (Wildman–Crippen LogP) is 3.97. The predicted molar refractivity (Wildman–Crippen MR) is 108 cm³/mol. The van der Waals surface area contributed by atoms with E-state index >= 15 is 0 Å². The number of nitrogens with zero attached hydrogens (tertiary/aromatic N) is 2. The number of likely N-dealkylation sites (tertiary alicyclic amines) is 1. The van der Waals surface area contributed by atoms with Gasteiger partial charge < -0.3 is 15.1 Å². The van der Waals surface area contributed by atoms with Crippen LogP contribution in [0.4, 0.5) is 0 Å². The van der Waals surface area contributed by atoms with E-state index in [1.807, 2.05) is 29.2 Å². The van der Waals surface area contributed by atoms with Crippen LogP contribution in [0, 0.1) is 5.41 Å². The highest BCUT2D eigenvalue weighted by molar-refractivity contribution is 6.30. The summed E-state index contributed by atoms with van der Waals surface area (Å²) in [5.74, 6) is 1.40. The fraction of sp³-hybridized carbons (Fsp3) is 0.444. The number of aryl methyl sites for hydroxylation is 1. The van der Waals surface area contributed by atoms with E-state index < -0.39 is 0 Å². The Bertz CT molecular complexity index is 721. The number of nitrogens with two attached hydrogens (primary N) is 1. The quantitative estimate of drug-likeness (QED) is 0.794. The van der Waals surface area contributed by atoms with Gasteiger partial charge in [0.15, 0.2) is 11.7 Å². The van der Waals surface area contributed by atoms with E-state index in [1.54, 1.807) is 6.20 Å². The van der Waals surface area contributed by atoms with Gasteiger partial charge in [0.2, 0.25) is 5.91 Å². The molecule has 1 fully saturated rings. The molecule has 1 atom stereocenters. The zero-order valence-electron chi connectivity index (χ0n) is 14.6. The summed E-state index contributed by atoms with van der Waals surface area (Å²) < 4.78 is 5.74. The maximum atomic E-state index is 12.3. The Hall–Kier alpha value is -1.27. The number of rotatable bonds is 5. The number of benzene rings is 1. The molecule has 2 N–H and O–H groups in total. The van der Waals surface area contributed by atoms with Crippen LogP contribution in [0.3, 0.4) is 0 Å². The topological polar surface area (TPSA) is 72.4 Å². The van der Waals surface area contributed by atoms with Gasteiger partial charge in [0.05, 0.1) is 6.20 Å². The van der Waals surface area contributed by atoms with Crippen molar-refractivity contribution in [1.29, 1.82) is 0 Å². The number of carbonyl (C=O) groups is 1. The molecule has 0 spiro atoms. The average Bonchev–Trinajstić information content (AvgIpc) is 3.21. The third-order valence-electron chi connectivity index (χ3n) is 4.64. The van der Waals surface area contributed by atoms with Crippen LogP contribution in [-0.4, -0.2) is 35.4 Å². The van der Waals surface area contributed by atoms with Crippen molar-refractivity contribution in [3.63, 3.8) is 0 Å². The molecule has 8 heteroatoms. The molecule has 0 bridgehead atoms. The van der Waals surface area contributed by atoms with E-state index in [1.165, 1.54) is 0 Å². The number of hydrogen-bond acceptors (Lipinski definition) is 4. The SMILES string of the molecule is CC1(CN)CCN(C(=O)CCc2ncc(-c3ccc(Cl)cc3)o2)C1.Cl.Cl. The summed E-state index contributed by atoms with van der Waals surface area (Å²) in [7, 11) is 0. The van der Waals surface area contributed by atoms with Crippen LogP contribution in [0.1, 0.15) is 25.7 Å². The van der Waals surface area contributed by atoms with Gasteiger partial charge in [-0.15, -0.1) is 24.8 Å². The fourth-order valence-corrected chi connectivity index (χ4v) is 3.07. The van der Waals surface area contributed by atoms with Gasteiger partial charge in [0, 0.05) is 36.5 Å². The summed E-state index contributed by atoms with van der Waals surface area (Å²) in [6.45, 7) is 4.27. The number of oxazole rings is 1. The lowest BCUT2D eigenvalue weighted by atomic mass is 9.90. The third-order valence-corrected chi connectivity index (χ3v) is 4.89. The Labute approximate surface area is 171 Å². The van der Waals surface area contributed by atoms with Gasteiger partial charge in [-0.1, -0.05) is 18.5 Å². The zero-order chi connectivity index (χ0) is 17.2. The lowest BCUT2D eigenvalue weighted by molar-refractivity contribution is -0.130. The molecule has 1 unspecified atom stereocenters. The monoisotopic (exact) mass is 419 g/mol. The second-order valence-electron chi connectivity index (χ2n) is 6.71. The van der Waals surface area contributed by atoms with E-state index in [0.717, 1.165) is 25.1 Å². The van der Waals surface area contributed by atoms with Crippen molar-refractivity contribution in [1.82, 2.24) is 9.88 Å². The third kappa shape index (κ3) is 5.36. The molecule has 2 aromatic rings. The number of halogens is 3. The summed E-state index contributed by atoms with van der Waals surface area (Å²) in [5.41, 5.74) is 6.77. The first kappa shape index (κ1) is 22.8. The zero-order valence-corrected chi connectivity index (χ0v) is 17.0. The molecular weight excluding hydrogens is 397 g/mol.